The lowest BCUT2D eigenvalue weighted by molar-refractivity contribution is -0.132. The molecule has 8 nitrogen and oxygen atoms in total. The summed E-state index contributed by atoms with van der Waals surface area (Å²) in [5, 5.41) is 17.1. The van der Waals surface area contributed by atoms with Gasteiger partial charge in [0.1, 0.15) is 11.9 Å². The zero-order chi connectivity index (χ0) is 27.4. The molecule has 0 heterocycles. The van der Waals surface area contributed by atoms with E-state index in [-0.39, 0.29) is 23.6 Å². The summed E-state index contributed by atoms with van der Waals surface area (Å²) in [7, 11) is -0.583. The Morgan fingerprint density at radius 2 is 1.58 bits per heavy atom. The summed E-state index contributed by atoms with van der Waals surface area (Å²) < 4.78 is 36.0. The first-order chi connectivity index (χ1) is 18.3. The van der Waals surface area contributed by atoms with Crippen molar-refractivity contribution in [2.45, 2.75) is 42.5 Å². The van der Waals surface area contributed by atoms with E-state index < -0.39 is 34.0 Å². The fourth-order valence-corrected chi connectivity index (χ4v) is 5.41. The van der Waals surface area contributed by atoms with Crippen molar-refractivity contribution in [1.82, 2.24) is 10.6 Å². The van der Waals surface area contributed by atoms with Crippen LogP contribution < -0.4 is 15.4 Å². The first kappa shape index (κ1) is 29.3. The first-order valence-corrected chi connectivity index (χ1v) is 14.1. The molecule has 1 amide bonds. The van der Waals surface area contributed by atoms with Gasteiger partial charge in [-0.3, -0.25) is 4.79 Å². The second kappa shape index (κ2) is 14.6. The fourth-order valence-electron chi connectivity index (χ4n) is 4.08. The second-order valence-corrected chi connectivity index (χ2v) is 11.1. The number of rotatable bonds is 15. The van der Waals surface area contributed by atoms with Crippen molar-refractivity contribution in [3.8, 4) is 5.75 Å². The fraction of sp³-hybridized carbons (Fsp3) is 0.345. The van der Waals surface area contributed by atoms with Crippen LogP contribution >= 0.6 is 0 Å². The Morgan fingerprint density at radius 3 is 2.24 bits per heavy atom. The third-order valence-corrected chi connectivity index (χ3v) is 8.00. The molecule has 0 aliphatic carbocycles. The minimum absolute atomic E-state index is 0.0121. The molecular formula is C29H36N2O6S. The molecule has 3 N–H and O–H groups in total. The lowest BCUT2D eigenvalue weighted by atomic mass is 10.0. The largest absolute Gasteiger partial charge is 0.497 e. The maximum atomic E-state index is 13.1. The Balaban J connectivity index is 1.63. The van der Waals surface area contributed by atoms with Gasteiger partial charge in [0.2, 0.25) is 5.91 Å². The number of benzene rings is 3. The number of hydrogen-bond acceptors (Lipinski definition) is 7. The first-order valence-electron chi connectivity index (χ1n) is 12.5. The molecule has 38 heavy (non-hydrogen) atoms. The van der Waals surface area contributed by atoms with E-state index in [4.69, 9.17) is 9.47 Å². The summed E-state index contributed by atoms with van der Waals surface area (Å²) in [6.45, 7) is 0.743. The average molecular weight is 541 g/mol. The average Bonchev–Trinajstić information content (AvgIpc) is 2.94. The Kier molecular flexibility index (Phi) is 11.3. The molecule has 0 fully saturated rings. The van der Waals surface area contributed by atoms with Crippen LogP contribution in [0.1, 0.15) is 17.5 Å². The standard InChI is InChI=1S/C29H36N2O6S/c1-36-24-13-9-12-23(18-24)20-30-21-27(32)26(19-22-10-5-3-6-11-22)31-29(33)28(37-2)16-17-38(34,35)25-14-7-4-8-15-25/h3-15,18,26-28,30,32H,16-17,19-21H2,1-2H3,(H,31,33)/t26-,27+,28?/m0/s1. The number of nitrogens with one attached hydrogen (secondary N) is 2. The van der Waals surface area contributed by atoms with Gasteiger partial charge in [0.15, 0.2) is 9.84 Å². The minimum atomic E-state index is -3.56. The Morgan fingerprint density at radius 1 is 0.921 bits per heavy atom. The van der Waals surface area contributed by atoms with Gasteiger partial charge in [0, 0.05) is 20.2 Å². The van der Waals surface area contributed by atoms with E-state index in [2.05, 4.69) is 10.6 Å². The number of hydrogen-bond donors (Lipinski definition) is 3. The monoisotopic (exact) mass is 540 g/mol. The van der Waals surface area contributed by atoms with Crippen LogP contribution in [0.15, 0.2) is 89.8 Å². The molecule has 1 unspecified atom stereocenters. The SMILES string of the molecule is COc1cccc(CNC[C@@H](O)[C@H](Cc2ccccc2)NC(=O)C(CCS(=O)(=O)c2ccccc2)OC)c1. The molecule has 3 aromatic rings. The minimum Gasteiger partial charge on any atom is -0.497 e. The van der Waals surface area contributed by atoms with Gasteiger partial charge in [-0.1, -0.05) is 60.7 Å². The van der Waals surface area contributed by atoms with Crippen molar-refractivity contribution < 1.29 is 27.8 Å². The zero-order valence-corrected chi connectivity index (χ0v) is 22.6. The Hall–Kier alpha value is -3.24. The predicted molar refractivity (Wildman–Crippen MR) is 147 cm³/mol. The summed E-state index contributed by atoms with van der Waals surface area (Å²) in [6, 6.07) is 24.7. The van der Waals surface area contributed by atoms with Crippen molar-refractivity contribution >= 4 is 15.7 Å². The van der Waals surface area contributed by atoms with Gasteiger partial charge in [-0.25, -0.2) is 8.42 Å². The topological polar surface area (TPSA) is 114 Å². The van der Waals surface area contributed by atoms with Gasteiger partial charge in [-0.2, -0.15) is 0 Å². The highest BCUT2D eigenvalue weighted by atomic mass is 32.2. The van der Waals surface area contributed by atoms with Crippen LogP contribution in [0.3, 0.4) is 0 Å². The van der Waals surface area contributed by atoms with E-state index in [1.54, 1.807) is 25.3 Å². The molecule has 3 atom stereocenters. The third-order valence-electron chi connectivity index (χ3n) is 6.24. The number of amides is 1. The van der Waals surface area contributed by atoms with E-state index in [0.717, 1.165) is 16.9 Å². The summed E-state index contributed by atoms with van der Waals surface area (Å²) in [4.78, 5) is 13.3. The van der Waals surface area contributed by atoms with Crippen LogP contribution in [0.5, 0.6) is 5.75 Å². The highest BCUT2D eigenvalue weighted by Crippen LogP contribution is 2.15. The van der Waals surface area contributed by atoms with E-state index in [1.165, 1.54) is 19.2 Å². The van der Waals surface area contributed by atoms with Gasteiger partial charge in [0.05, 0.1) is 29.9 Å². The lowest BCUT2D eigenvalue weighted by Crippen LogP contribution is -2.51. The summed E-state index contributed by atoms with van der Waals surface area (Å²) >= 11 is 0. The number of ether oxygens (including phenoxy) is 2. The van der Waals surface area contributed by atoms with Crippen molar-refractivity contribution in [2.24, 2.45) is 0 Å². The van der Waals surface area contributed by atoms with E-state index in [0.29, 0.717) is 13.0 Å². The lowest BCUT2D eigenvalue weighted by Gasteiger charge is -2.27. The molecule has 0 bridgehead atoms. The predicted octanol–water partition coefficient (Wildman–Crippen LogP) is 2.75. The molecule has 3 aromatic carbocycles. The molecule has 0 aliphatic heterocycles. The molecule has 0 radical (unpaired) electrons. The van der Waals surface area contributed by atoms with E-state index in [1.807, 2.05) is 54.6 Å². The zero-order valence-electron chi connectivity index (χ0n) is 21.7. The van der Waals surface area contributed by atoms with Crippen molar-refractivity contribution in [3.05, 3.63) is 96.1 Å². The van der Waals surface area contributed by atoms with Crippen molar-refractivity contribution in [3.63, 3.8) is 0 Å². The Bertz CT molecular complexity index is 1240. The highest BCUT2D eigenvalue weighted by molar-refractivity contribution is 7.91. The number of carbonyl (C=O) groups is 1. The molecule has 204 valence electrons. The van der Waals surface area contributed by atoms with Crippen molar-refractivity contribution in [1.29, 1.82) is 0 Å². The molecule has 0 aliphatic rings. The van der Waals surface area contributed by atoms with Crippen LogP contribution in [0.25, 0.3) is 0 Å². The van der Waals surface area contributed by atoms with Crippen molar-refractivity contribution in [2.75, 3.05) is 26.5 Å². The van der Waals surface area contributed by atoms with E-state index >= 15 is 0 Å². The smallest absolute Gasteiger partial charge is 0.249 e. The molecular weight excluding hydrogens is 504 g/mol. The van der Waals surface area contributed by atoms with Crippen LogP contribution in [0.2, 0.25) is 0 Å². The van der Waals surface area contributed by atoms with Crippen LogP contribution in [0.4, 0.5) is 0 Å². The summed E-state index contributed by atoms with van der Waals surface area (Å²) in [5.74, 6) is 0.0409. The molecule has 9 heteroatoms. The number of aliphatic hydroxyl groups is 1. The quantitative estimate of drug-likeness (QED) is 0.272. The summed E-state index contributed by atoms with van der Waals surface area (Å²) in [5.41, 5.74) is 1.95. The third kappa shape index (κ3) is 8.95. The molecule has 0 spiro atoms. The number of methoxy groups -OCH3 is 2. The van der Waals surface area contributed by atoms with Crippen LogP contribution in [0, 0.1) is 0 Å². The van der Waals surface area contributed by atoms with Crippen LogP contribution in [-0.4, -0.2) is 64.2 Å². The second-order valence-electron chi connectivity index (χ2n) is 9.00. The molecule has 0 saturated heterocycles. The molecule has 0 aromatic heterocycles. The van der Waals surface area contributed by atoms with Gasteiger partial charge in [-0.15, -0.1) is 0 Å². The Labute approximate surface area is 224 Å². The number of aliphatic hydroxyl groups excluding tert-OH is 1. The van der Waals surface area contributed by atoms with Gasteiger partial charge in [-0.05, 0) is 48.2 Å². The summed E-state index contributed by atoms with van der Waals surface area (Å²) in [6.07, 6.45) is -1.51. The van der Waals surface area contributed by atoms with Gasteiger partial charge < -0.3 is 25.2 Å². The molecule has 3 rings (SSSR count). The van der Waals surface area contributed by atoms with Gasteiger partial charge in [0.25, 0.3) is 0 Å². The number of carbonyl (C=O) groups excluding carboxylic acids is 1. The van der Waals surface area contributed by atoms with Gasteiger partial charge >= 0.3 is 0 Å². The number of sulfone groups is 1. The maximum absolute atomic E-state index is 13.1. The maximum Gasteiger partial charge on any atom is 0.249 e. The highest BCUT2D eigenvalue weighted by Gasteiger charge is 2.27. The normalized spacial score (nSPS) is 13.9. The van der Waals surface area contributed by atoms with Crippen LogP contribution in [-0.2, 0) is 32.3 Å². The van der Waals surface area contributed by atoms with E-state index in [9.17, 15) is 18.3 Å². The molecule has 0 saturated carbocycles.